The second-order valence-electron chi connectivity index (χ2n) is 3.19. The zero-order valence-corrected chi connectivity index (χ0v) is 8.50. The van der Waals surface area contributed by atoms with Crippen LogP contribution in [0, 0.1) is 15.9 Å². The van der Waals surface area contributed by atoms with Crippen molar-refractivity contribution < 1.29 is 9.31 Å². The molecule has 0 atom stereocenters. The third-order valence-electron chi connectivity index (χ3n) is 2.16. The quantitative estimate of drug-likeness (QED) is 0.631. The topological polar surface area (TPSA) is 94.9 Å². The maximum atomic E-state index is 13.5. The second kappa shape index (κ2) is 4.12. The molecule has 0 fully saturated rings. The Hall–Kier alpha value is -2.57. The number of hydrogen-bond donors (Lipinski definition) is 1. The molecular formula is C10H7FN4O2. The Morgan fingerprint density at radius 3 is 2.65 bits per heavy atom. The normalized spacial score (nSPS) is 10.2. The zero-order chi connectivity index (χ0) is 12.4. The minimum absolute atomic E-state index is 0.0216. The first-order valence-electron chi connectivity index (χ1n) is 4.61. The van der Waals surface area contributed by atoms with E-state index >= 15 is 0 Å². The summed E-state index contributed by atoms with van der Waals surface area (Å²) in [4.78, 5) is 17.4. The van der Waals surface area contributed by atoms with E-state index in [1.807, 2.05) is 0 Å². The molecular weight excluding hydrogens is 227 g/mol. The maximum absolute atomic E-state index is 13.5. The van der Waals surface area contributed by atoms with E-state index in [9.17, 15) is 14.5 Å². The van der Waals surface area contributed by atoms with Crippen molar-refractivity contribution in [3.63, 3.8) is 0 Å². The Balaban J connectivity index is 2.72. The number of anilines is 1. The summed E-state index contributed by atoms with van der Waals surface area (Å²) in [5, 5.41) is 10.9. The summed E-state index contributed by atoms with van der Waals surface area (Å²) in [5.41, 5.74) is 4.80. The van der Waals surface area contributed by atoms with E-state index in [-0.39, 0.29) is 17.1 Å². The van der Waals surface area contributed by atoms with Gasteiger partial charge in [0.25, 0.3) is 0 Å². The minimum atomic E-state index is -0.725. The zero-order valence-electron chi connectivity index (χ0n) is 8.50. The van der Waals surface area contributed by atoms with E-state index in [4.69, 9.17) is 5.73 Å². The van der Waals surface area contributed by atoms with E-state index in [1.54, 1.807) is 6.07 Å². The molecule has 0 spiro atoms. The van der Waals surface area contributed by atoms with Crippen molar-refractivity contribution in [3.8, 4) is 11.3 Å². The van der Waals surface area contributed by atoms with Gasteiger partial charge in [-0.25, -0.2) is 14.4 Å². The number of benzene rings is 1. The minimum Gasteiger partial charge on any atom is -0.378 e. The van der Waals surface area contributed by atoms with Crippen LogP contribution < -0.4 is 5.73 Å². The molecule has 86 valence electrons. The van der Waals surface area contributed by atoms with E-state index in [0.717, 1.165) is 6.33 Å². The average Bonchev–Trinajstić information content (AvgIpc) is 2.28. The number of nitrogens with zero attached hydrogens (tertiary/aromatic N) is 3. The first-order valence-corrected chi connectivity index (χ1v) is 4.61. The number of halogens is 1. The highest BCUT2D eigenvalue weighted by atomic mass is 19.1. The van der Waals surface area contributed by atoms with Gasteiger partial charge in [-0.3, -0.25) is 10.1 Å². The summed E-state index contributed by atoms with van der Waals surface area (Å²) >= 11 is 0. The van der Waals surface area contributed by atoms with E-state index < -0.39 is 16.4 Å². The molecule has 0 saturated heterocycles. The van der Waals surface area contributed by atoms with E-state index in [0.29, 0.717) is 0 Å². The summed E-state index contributed by atoms with van der Waals surface area (Å²) in [5.74, 6) is -0.892. The van der Waals surface area contributed by atoms with Gasteiger partial charge in [0.1, 0.15) is 12.1 Å². The first-order chi connectivity index (χ1) is 8.11. The van der Waals surface area contributed by atoms with Crippen LogP contribution in [0.4, 0.5) is 15.9 Å². The van der Waals surface area contributed by atoms with Crippen molar-refractivity contribution in [2.45, 2.75) is 0 Å². The van der Waals surface area contributed by atoms with Gasteiger partial charge in [0, 0.05) is 5.56 Å². The number of hydrogen-bond acceptors (Lipinski definition) is 5. The Morgan fingerprint density at radius 1 is 1.29 bits per heavy atom. The number of rotatable bonds is 2. The van der Waals surface area contributed by atoms with Gasteiger partial charge in [-0.2, -0.15) is 0 Å². The summed E-state index contributed by atoms with van der Waals surface area (Å²) in [6, 6.07) is 5.62. The predicted molar refractivity (Wildman–Crippen MR) is 58.5 cm³/mol. The van der Waals surface area contributed by atoms with Gasteiger partial charge in [-0.05, 0) is 12.1 Å². The van der Waals surface area contributed by atoms with Gasteiger partial charge in [0.15, 0.2) is 5.69 Å². The fraction of sp³-hybridized carbons (Fsp3) is 0. The van der Waals surface area contributed by atoms with E-state index in [2.05, 4.69) is 9.97 Å². The van der Waals surface area contributed by atoms with Crippen LogP contribution in [-0.2, 0) is 0 Å². The molecule has 2 rings (SSSR count). The van der Waals surface area contributed by atoms with Crippen molar-refractivity contribution in [2.75, 3.05) is 5.73 Å². The molecule has 17 heavy (non-hydrogen) atoms. The third kappa shape index (κ3) is 1.89. The SMILES string of the molecule is Nc1ncnc(-c2ccccc2F)c1[N+](=O)[O-]. The molecule has 1 aromatic carbocycles. The molecule has 1 heterocycles. The van der Waals surface area contributed by atoms with E-state index in [1.165, 1.54) is 18.2 Å². The number of nitrogens with two attached hydrogens (primary N) is 1. The van der Waals surface area contributed by atoms with Crippen molar-refractivity contribution in [1.82, 2.24) is 9.97 Å². The highest BCUT2D eigenvalue weighted by Gasteiger charge is 2.23. The summed E-state index contributed by atoms with van der Waals surface area (Å²) < 4.78 is 13.5. The largest absolute Gasteiger partial charge is 0.378 e. The summed E-state index contributed by atoms with van der Waals surface area (Å²) in [6.45, 7) is 0. The maximum Gasteiger partial charge on any atom is 0.337 e. The van der Waals surface area contributed by atoms with Crippen LogP contribution in [0.1, 0.15) is 0 Å². The van der Waals surface area contributed by atoms with Gasteiger partial charge in [-0.15, -0.1) is 0 Å². The molecule has 0 aliphatic rings. The molecule has 0 saturated carbocycles. The van der Waals surface area contributed by atoms with Crippen molar-refractivity contribution in [1.29, 1.82) is 0 Å². The van der Waals surface area contributed by atoms with Crippen molar-refractivity contribution >= 4 is 11.5 Å². The lowest BCUT2D eigenvalue weighted by Crippen LogP contribution is -2.03. The van der Waals surface area contributed by atoms with Crippen molar-refractivity contribution in [3.05, 3.63) is 46.5 Å². The molecule has 0 aliphatic heterocycles. The van der Waals surface area contributed by atoms with Gasteiger partial charge in [0.2, 0.25) is 5.82 Å². The molecule has 2 aromatic rings. The fourth-order valence-electron chi connectivity index (χ4n) is 1.42. The molecule has 2 N–H and O–H groups in total. The molecule has 0 radical (unpaired) electrons. The molecule has 0 bridgehead atoms. The van der Waals surface area contributed by atoms with Crippen LogP contribution in [0.25, 0.3) is 11.3 Å². The number of nitro groups is 1. The standard InChI is InChI=1S/C10H7FN4O2/c11-7-4-2-1-3-6(7)8-9(15(16)17)10(12)14-5-13-8/h1-5H,(H2,12,13,14). The molecule has 1 aromatic heterocycles. The monoisotopic (exact) mass is 234 g/mol. The fourth-order valence-corrected chi connectivity index (χ4v) is 1.42. The smallest absolute Gasteiger partial charge is 0.337 e. The third-order valence-corrected chi connectivity index (χ3v) is 2.16. The van der Waals surface area contributed by atoms with Crippen LogP contribution in [0.15, 0.2) is 30.6 Å². The van der Waals surface area contributed by atoms with Gasteiger partial charge in [-0.1, -0.05) is 12.1 Å². The molecule has 6 nitrogen and oxygen atoms in total. The van der Waals surface area contributed by atoms with Crippen molar-refractivity contribution in [2.24, 2.45) is 0 Å². The van der Waals surface area contributed by atoms with Crippen LogP contribution in [0.2, 0.25) is 0 Å². The molecule has 0 amide bonds. The first kappa shape index (κ1) is 10.9. The summed E-state index contributed by atoms with van der Waals surface area (Å²) in [7, 11) is 0. The Labute approximate surface area is 95.1 Å². The number of nitrogen functional groups attached to an aromatic ring is 1. The lowest BCUT2D eigenvalue weighted by molar-refractivity contribution is -0.383. The molecule has 0 unspecified atom stereocenters. The predicted octanol–water partition coefficient (Wildman–Crippen LogP) is 1.77. The Morgan fingerprint density at radius 2 is 2.00 bits per heavy atom. The van der Waals surface area contributed by atoms with Crippen LogP contribution in [-0.4, -0.2) is 14.9 Å². The van der Waals surface area contributed by atoms with Gasteiger partial charge >= 0.3 is 5.69 Å². The highest BCUT2D eigenvalue weighted by Crippen LogP contribution is 2.32. The average molecular weight is 234 g/mol. The molecule has 7 heteroatoms. The van der Waals surface area contributed by atoms with Gasteiger partial charge < -0.3 is 5.73 Å². The lowest BCUT2D eigenvalue weighted by Gasteiger charge is -2.04. The summed E-state index contributed by atoms with van der Waals surface area (Å²) in [6.07, 6.45) is 1.06. The molecule has 0 aliphatic carbocycles. The lowest BCUT2D eigenvalue weighted by atomic mass is 10.1. The Bertz CT molecular complexity index is 588. The highest BCUT2D eigenvalue weighted by molar-refractivity contribution is 5.75. The van der Waals surface area contributed by atoms with Crippen LogP contribution in [0.5, 0.6) is 0 Å². The van der Waals surface area contributed by atoms with Crippen LogP contribution in [0.3, 0.4) is 0 Å². The second-order valence-corrected chi connectivity index (χ2v) is 3.19. The Kier molecular flexibility index (Phi) is 2.65. The van der Waals surface area contributed by atoms with Gasteiger partial charge in [0.05, 0.1) is 4.92 Å². The number of aromatic nitrogens is 2. The van der Waals surface area contributed by atoms with Crippen LogP contribution >= 0.6 is 0 Å².